The molecule has 0 aliphatic carbocycles. The highest BCUT2D eigenvalue weighted by atomic mass is 79.9. The molecule has 0 bridgehead atoms. The van der Waals surface area contributed by atoms with Crippen LogP contribution in [-0.4, -0.2) is 18.6 Å². The van der Waals surface area contributed by atoms with Gasteiger partial charge in [0.2, 0.25) is 5.91 Å². The zero-order valence-corrected chi connectivity index (χ0v) is 12.5. The molecular formula is C14H18BrNO2. The minimum Gasteiger partial charge on any atom is -0.378 e. The number of nitrogens with one attached hydrogen (secondary N) is 1. The molecule has 2 rings (SSSR count). The Morgan fingerprint density at radius 1 is 1.39 bits per heavy atom. The molecule has 1 aliphatic heterocycles. The highest BCUT2D eigenvalue weighted by Crippen LogP contribution is 2.27. The molecule has 98 valence electrons. The Bertz CT molecular complexity index is 450. The summed E-state index contributed by atoms with van der Waals surface area (Å²) in [7, 11) is 0. The van der Waals surface area contributed by atoms with E-state index in [0.717, 1.165) is 27.7 Å². The van der Waals surface area contributed by atoms with Crippen LogP contribution >= 0.6 is 15.9 Å². The predicted molar refractivity (Wildman–Crippen MR) is 75.8 cm³/mol. The zero-order valence-electron chi connectivity index (χ0n) is 10.9. The van der Waals surface area contributed by atoms with Gasteiger partial charge >= 0.3 is 0 Å². The summed E-state index contributed by atoms with van der Waals surface area (Å²) in [6.07, 6.45) is 0.823. The third kappa shape index (κ3) is 2.75. The number of ether oxygens (including phenoxy) is 1. The summed E-state index contributed by atoms with van der Waals surface area (Å²) in [6.45, 7) is 6.68. The second kappa shape index (κ2) is 5.41. The molecule has 1 amide bonds. The summed E-state index contributed by atoms with van der Waals surface area (Å²) in [5, 5.41) is 2.98. The molecule has 1 aromatic rings. The number of amides is 1. The number of halogens is 1. The van der Waals surface area contributed by atoms with Crippen LogP contribution in [0.5, 0.6) is 0 Å². The van der Waals surface area contributed by atoms with Gasteiger partial charge in [-0.05, 0) is 50.5 Å². The summed E-state index contributed by atoms with van der Waals surface area (Å²) in [6, 6.07) is 3.96. The van der Waals surface area contributed by atoms with Crippen LogP contribution in [0.15, 0.2) is 16.6 Å². The molecule has 0 radical (unpaired) electrons. The van der Waals surface area contributed by atoms with Gasteiger partial charge in [-0.15, -0.1) is 0 Å². The van der Waals surface area contributed by atoms with Crippen LogP contribution in [-0.2, 0) is 9.53 Å². The van der Waals surface area contributed by atoms with E-state index in [1.807, 2.05) is 32.9 Å². The second-order valence-corrected chi connectivity index (χ2v) is 5.68. The first-order chi connectivity index (χ1) is 8.49. The number of benzene rings is 1. The van der Waals surface area contributed by atoms with Gasteiger partial charge in [0.15, 0.2) is 0 Å². The van der Waals surface area contributed by atoms with Gasteiger partial charge in [0.25, 0.3) is 0 Å². The van der Waals surface area contributed by atoms with E-state index >= 15 is 0 Å². The van der Waals surface area contributed by atoms with Gasteiger partial charge < -0.3 is 10.1 Å². The first kappa shape index (κ1) is 13.6. The summed E-state index contributed by atoms with van der Waals surface area (Å²) in [4.78, 5) is 12.1. The molecule has 3 nitrogen and oxygen atoms in total. The minimum absolute atomic E-state index is 0.0163. The van der Waals surface area contributed by atoms with E-state index in [9.17, 15) is 4.79 Å². The third-order valence-corrected chi connectivity index (χ3v) is 4.67. The van der Waals surface area contributed by atoms with Crippen molar-refractivity contribution in [2.24, 2.45) is 5.92 Å². The molecule has 18 heavy (non-hydrogen) atoms. The van der Waals surface area contributed by atoms with Gasteiger partial charge in [0.1, 0.15) is 0 Å². The fraction of sp³-hybridized carbons (Fsp3) is 0.500. The number of aryl methyl sites for hydroxylation is 2. The maximum Gasteiger partial charge on any atom is 0.230 e. The molecule has 1 fully saturated rings. The maximum absolute atomic E-state index is 12.1. The zero-order chi connectivity index (χ0) is 13.3. The SMILES string of the molecule is Cc1cc(NC(=O)C2CCOC2C)cc(C)c1Br. The average molecular weight is 312 g/mol. The average Bonchev–Trinajstić information content (AvgIpc) is 2.72. The van der Waals surface area contributed by atoms with Gasteiger partial charge in [0.05, 0.1) is 12.0 Å². The Morgan fingerprint density at radius 3 is 2.50 bits per heavy atom. The highest BCUT2D eigenvalue weighted by molar-refractivity contribution is 9.10. The largest absolute Gasteiger partial charge is 0.378 e. The second-order valence-electron chi connectivity index (χ2n) is 4.88. The smallest absolute Gasteiger partial charge is 0.230 e. The molecule has 1 heterocycles. The Balaban J connectivity index is 2.12. The van der Waals surface area contributed by atoms with E-state index in [4.69, 9.17) is 4.74 Å². The predicted octanol–water partition coefficient (Wildman–Crippen LogP) is 3.43. The lowest BCUT2D eigenvalue weighted by Gasteiger charge is -2.15. The molecule has 4 heteroatoms. The minimum atomic E-state index is -0.0331. The molecule has 1 aromatic carbocycles. The lowest BCUT2D eigenvalue weighted by molar-refractivity contribution is -0.121. The molecule has 0 spiro atoms. The van der Waals surface area contributed by atoms with Gasteiger partial charge in [-0.2, -0.15) is 0 Å². The first-order valence-corrected chi connectivity index (χ1v) is 6.97. The summed E-state index contributed by atoms with van der Waals surface area (Å²) < 4.78 is 6.52. The van der Waals surface area contributed by atoms with Crippen molar-refractivity contribution in [2.45, 2.75) is 33.3 Å². The van der Waals surface area contributed by atoms with Crippen molar-refractivity contribution in [1.82, 2.24) is 0 Å². The molecular weight excluding hydrogens is 294 g/mol. The first-order valence-electron chi connectivity index (χ1n) is 6.18. The number of carbonyl (C=O) groups is 1. The highest BCUT2D eigenvalue weighted by Gasteiger charge is 2.30. The monoisotopic (exact) mass is 311 g/mol. The van der Waals surface area contributed by atoms with Gasteiger partial charge in [0, 0.05) is 16.8 Å². The van der Waals surface area contributed by atoms with Crippen molar-refractivity contribution in [1.29, 1.82) is 0 Å². The van der Waals surface area contributed by atoms with Crippen molar-refractivity contribution < 1.29 is 9.53 Å². The van der Waals surface area contributed by atoms with Crippen LogP contribution < -0.4 is 5.32 Å². The molecule has 1 N–H and O–H groups in total. The van der Waals surface area contributed by atoms with Gasteiger partial charge in [-0.1, -0.05) is 15.9 Å². The van der Waals surface area contributed by atoms with Crippen LogP contribution in [0, 0.1) is 19.8 Å². The van der Waals surface area contributed by atoms with E-state index in [2.05, 4.69) is 21.2 Å². The molecule has 0 saturated carbocycles. The van der Waals surface area contributed by atoms with Crippen LogP contribution in [0.4, 0.5) is 5.69 Å². The van der Waals surface area contributed by atoms with Crippen LogP contribution in [0.25, 0.3) is 0 Å². The number of carbonyl (C=O) groups excluding carboxylic acids is 1. The number of anilines is 1. The molecule has 2 unspecified atom stereocenters. The van der Waals surface area contributed by atoms with Crippen LogP contribution in [0.1, 0.15) is 24.5 Å². The number of hydrogen-bond acceptors (Lipinski definition) is 2. The normalized spacial score (nSPS) is 23.1. The molecule has 1 aliphatic rings. The number of rotatable bonds is 2. The maximum atomic E-state index is 12.1. The molecule has 1 saturated heterocycles. The van der Waals surface area contributed by atoms with Crippen molar-refractivity contribution in [3.63, 3.8) is 0 Å². The Morgan fingerprint density at radius 2 is 2.00 bits per heavy atom. The fourth-order valence-electron chi connectivity index (χ4n) is 2.33. The van der Waals surface area contributed by atoms with Crippen LogP contribution in [0.3, 0.4) is 0 Å². The quantitative estimate of drug-likeness (QED) is 0.908. The third-order valence-electron chi connectivity index (χ3n) is 3.42. The van der Waals surface area contributed by atoms with Crippen molar-refractivity contribution >= 4 is 27.5 Å². The van der Waals surface area contributed by atoms with E-state index in [-0.39, 0.29) is 17.9 Å². The fourth-order valence-corrected chi connectivity index (χ4v) is 2.56. The van der Waals surface area contributed by atoms with Gasteiger partial charge in [-0.25, -0.2) is 0 Å². The van der Waals surface area contributed by atoms with Crippen molar-refractivity contribution in [3.05, 3.63) is 27.7 Å². The summed E-state index contributed by atoms with van der Waals surface area (Å²) >= 11 is 3.52. The van der Waals surface area contributed by atoms with Crippen LogP contribution in [0.2, 0.25) is 0 Å². The number of hydrogen-bond donors (Lipinski definition) is 1. The lowest BCUT2D eigenvalue weighted by Crippen LogP contribution is -2.27. The molecule has 0 aromatic heterocycles. The Labute approximate surface area is 116 Å². The van der Waals surface area contributed by atoms with E-state index in [1.54, 1.807) is 0 Å². The standard InChI is InChI=1S/C14H18BrNO2/c1-8-6-11(7-9(2)13(8)15)16-14(17)12-4-5-18-10(12)3/h6-7,10,12H,4-5H2,1-3H3,(H,16,17). The summed E-state index contributed by atoms with van der Waals surface area (Å²) in [5.41, 5.74) is 3.11. The Hall–Kier alpha value is -0.870. The van der Waals surface area contributed by atoms with E-state index in [0.29, 0.717) is 6.61 Å². The Kier molecular flexibility index (Phi) is 4.07. The van der Waals surface area contributed by atoms with E-state index in [1.165, 1.54) is 0 Å². The lowest BCUT2D eigenvalue weighted by atomic mass is 10.0. The topological polar surface area (TPSA) is 38.3 Å². The molecule has 2 atom stereocenters. The van der Waals surface area contributed by atoms with E-state index < -0.39 is 0 Å². The summed E-state index contributed by atoms with van der Waals surface area (Å²) in [5.74, 6) is 0.0235. The van der Waals surface area contributed by atoms with Gasteiger partial charge in [-0.3, -0.25) is 4.79 Å². The van der Waals surface area contributed by atoms with Crippen molar-refractivity contribution in [2.75, 3.05) is 11.9 Å². The van der Waals surface area contributed by atoms with Crippen molar-refractivity contribution in [3.8, 4) is 0 Å².